The molecule has 9 aromatic rings. The first-order valence-corrected chi connectivity index (χ1v) is 30.6. The summed E-state index contributed by atoms with van der Waals surface area (Å²) in [7, 11) is -10.5. The molecule has 0 aliphatic heterocycles. The molecule has 22 heteroatoms. The smallest absolute Gasteiger partial charge is 0.335 e. The van der Waals surface area contributed by atoms with Crippen molar-refractivity contribution in [3.63, 3.8) is 0 Å². The molecule has 16 nitrogen and oxygen atoms in total. The summed E-state index contributed by atoms with van der Waals surface area (Å²) in [5, 5.41) is 26.7. The van der Waals surface area contributed by atoms with Gasteiger partial charge in [0.25, 0.3) is 30.1 Å². The number of benzene rings is 9. The van der Waals surface area contributed by atoms with Gasteiger partial charge in [-0.25, -0.2) is 52.8 Å². The number of rotatable bonds is 22. The van der Waals surface area contributed by atoms with Gasteiger partial charge >= 0.3 is 17.9 Å². The highest BCUT2D eigenvalue weighted by Gasteiger charge is 2.24. The van der Waals surface area contributed by atoms with Crippen LogP contribution in [0.2, 0.25) is 0 Å². The molecular formula is C64H56F3N3O13S3. The highest BCUT2D eigenvalue weighted by molar-refractivity contribution is 7.93. The van der Waals surface area contributed by atoms with Gasteiger partial charge in [-0.15, -0.1) is 0 Å². The molecule has 0 aromatic heterocycles. The van der Waals surface area contributed by atoms with Crippen LogP contribution in [0.1, 0.15) is 64.5 Å². The second-order valence-corrected chi connectivity index (χ2v) is 24.1. The molecule has 0 radical (unpaired) electrons. The van der Waals surface area contributed by atoms with Gasteiger partial charge in [0.05, 0.1) is 33.6 Å². The van der Waals surface area contributed by atoms with Crippen LogP contribution in [-0.2, 0) is 68.6 Å². The van der Waals surface area contributed by atoms with Crippen LogP contribution in [0.5, 0.6) is 5.75 Å². The van der Waals surface area contributed by atoms with Crippen LogP contribution in [0.25, 0.3) is 0 Å². The Kier molecular flexibility index (Phi) is 21.6. The summed E-state index contributed by atoms with van der Waals surface area (Å²) in [5.41, 5.74) is 7.79. The number of sulfonamides is 3. The second kappa shape index (κ2) is 29.2. The molecule has 0 heterocycles. The van der Waals surface area contributed by atoms with Crippen molar-refractivity contribution >= 4 is 65.0 Å². The number of ether oxygens (including phenoxy) is 1. The number of hydrogen-bond donors (Lipinski definition) is 6. The maximum atomic E-state index is 13.8. The third-order valence-corrected chi connectivity index (χ3v) is 17.2. The second-order valence-electron chi connectivity index (χ2n) is 19.1. The molecule has 0 saturated heterocycles. The van der Waals surface area contributed by atoms with Crippen LogP contribution >= 0.6 is 0 Å². The average Bonchev–Trinajstić information content (AvgIpc) is 2.64. The number of carboxylic acids is 3. The number of aromatic carboxylic acids is 3. The summed E-state index contributed by atoms with van der Waals surface area (Å²) in [6, 6.07) is 54.6. The number of methoxy groups -OCH3 is 1. The molecule has 86 heavy (non-hydrogen) atoms. The third kappa shape index (κ3) is 18.6. The molecule has 0 spiro atoms. The average molecular weight is 1230 g/mol. The number of nitrogens with one attached hydrogen (secondary N) is 3. The number of halogens is 3. The quantitative estimate of drug-likeness (QED) is 0.0369. The predicted molar refractivity (Wildman–Crippen MR) is 320 cm³/mol. The van der Waals surface area contributed by atoms with E-state index in [2.05, 4.69) is 14.2 Å². The minimum Gasteiger partial charge on any atom is -0.497 e. The van der Waals surface area contributed by atoms with Gasteiger partial charge in [-0.1, -0.05) is 91.0 Å². The van der Waals surface area contributed by atoms with E-state index in [0.29, 0.717) is 30.0 Å². The number of carboxylic acid groups (broad SMARTS) is 3. The first-order valence-electron chi connectivity index (χ1n) is 26.1. The van der Waals surface area contributed by atoms with Gasteiger partial charge in [0, 0.05) is 23.1 Å². The highest BCUT2D eigenvalue weighted by atomic mass is 32.2. The van der Waals surface area contributed by atoms with Gasteiger partial charge in [0.2, 0.25) is 0 Å². The Labute approximate surface area is 495 Å². The zero-order chi connectivity index (χ0) is 62.0. The van der Waals surface area contributed by atoms with Crippen LogP contribution < -0.4 is 18.9 Å². The molecule has 0 atom stereocenters. The predicted octanol–water partition coefficient (Wildman–Crippen LogP) is 12.3. The van der Waals surface area contributed by atoms with Crippen molar-refractivity contribution in [3.05, 3.63) is 280 Å². The lowest BCUT2D eigenvalue weighted by atomic mass is 10.0. The van der Waals surface area contributed by atoms with Gasteiger partial charge < -0.3 is 20.1 Å². The molecule has 444 valence electrons. The lowest BCUT2D eigenvalue weighted by molar-refractivity contribution is 0.0686. The maximum Gasteiger partial charge on any atom is 0.335 e. The van der Waals surface area contributed by atoms with Crippen molar-refractivity contribution in [2.24, 2.45) is 0 Å². The van der Waals surface area contributed by atoms with Gasteiger partial charge in [-0.2, -0.15) is 0 Å². The molecule has 0 bridgehead atoms. The van der Waals surface area contributed by atoms with Gasteiger partial charge in [0.1, 0.15) is 23.2 Å². The summed E-state index contributed by atoms with van der Waals surface area (Å²) in [4.78, 5) is 31.6. The van der Waals surface area contributed by atoms with Crippen molar-refractivity contribution in [2.75, 3.05) is 21.3 Å². The largest absolute Gasteiger partial charge is 0.497 e. The van der Waals surface area contributed by atoms with Crippen molar-refractivity contribution in [1.29, 1.82) is 0 Å². The van der Waals surface area contributed by atoms with E-state index >= 15 is 0 Å². The Morgan fingerprint density at radius 1 is 0.372 bits per heavy atom. The fourth-order valence-electron chi connectivity index (χ4n) is 8.30. The molecule has 0 saturated carbocycles. The van der Waals surface area contributed by atoms with E-state index in [1.807, 2.05) is 24.3 Å². The van der Waals surface area contributed by atoms with Crippen LogP contribution in [0, 0.1) is 17.5 Å². The van der Waals surface area contributed by atoms with E-state index in [0.717, 1.165) is 83.3 Å². The minimum atomic E-state index is -4.40. The summed E-state index contributed by atoms with van der Waals surface area (Å²) < 4.78 is 127. The number of hydrogen-bond acceptors (Lipinski definition) is 10. The molecule has 0 aliphatic carbocycles. The normalized spacial score (nSPS) is 11.2. The Hall–Kier alpha value is -9.77. The van der Waals surface area contributed by atoms with Gasteiger partial charge in [0.15, 0.2) is 4.90 Å². The number of anilines is 3. The fraction of sp³-hybridized carbons (Fsp3) is 0.109. The van der Waals surface area contributed by atoms with Crippen LogP contribution in [-0.4, -0.2) is 65.6 Å². The summed E-state index contributed by atoms with van der Waals surface area (Å²) in [5.74, 6) is -5.35. The van der Waals surface area contributed by atoms with Crippen molar-refractivity contribution in [3.8, 4) is 5.75 Å². The van der Waals surface area contributed by atoms with Crippen molar-refractivity contribution < 1.29 is 72.9 Å². The minimum absolute atomic E-state index is 0.130. The summed E-state index contributed by atoms with van der Waals surface area (Å²) in [6.45, 7) is 0. The van der Waals surface area contributed by atoms with E-state index in [1.54, 1.807) is 109 Å². The van der Waals surface area contributed by atoms with Crippen molar-refractivity contribution in [2.45, 2.75) is 53.2 Å². The fourth-order valence-corrected chi connectivity index (χ4v) is 11.7. The Bertz CT molecular complexity index is 4140. The van der Waals surface area contributed by atoms with Gasteiger partial charge in [-0.05, 0) is 187 Å². The summed E-state index contributed by atoms with van der Waals surface area (Å²) >= 11 is 0. The van der Waals surface area contributed by atoms with Crippen molar-refractivity contribution in [1.82, 2.24) is 0 Å². The van der Waals surface area contributed by atoms with E-state index in [9.17, 15) is 52.8 Å². The maximum absolute atomic E-state index is 13.8. The SMILES string of the molecule is COc1cccc(S(=O)(=O)Nc2ccc(CCc3ccc(C(=O)O)cc3)cc2)c1.O=C(O)c1ccc(CCc2ccc(NS(=O)(=O)c3c(F)cccc3F)cc2)cc1.O=C(O)c1ccc(CCc2ccc(NS(=O)(=O)c3cccc(F)c3)cc2)cc1. The molecule has 9 aromatic carbocycles. The molecule has 9 rings (SSSR count). The van der Waals surface area contributed by atoms with Crippen LogP contribution in [0.4, 0.5) is 30.2 Å². The monoisotopic (exact) mass is 1230 g/mol. The van der Waals surface area contributed by atoms with E-state index in [-0.39, 0.29) is 32.2 Å². The molecule has 6 N–H and O–H groups in total. The Balaban J connectivity index is 0.000000185. The van der Waals surface area contributed by atoms with Gasteiger partial charge in [-0.3, -0.25) is 14.2 Å². The summed E-state index contributed by atoms with van der Waals surface area (Å²) in [6.07, 6.45) is 4.30. The third-order valence-electron chi connectivity index (χ3n) is 13.0. The zero-order valence-corrected chi connectivity index (χ0v) is 48.2. The number of carbonyl (C=O) groups is 3. The first-order chi connectivity index (χ1) is 41.0. The number of aryl methyl sites for hydroxylation is 6. The van der Waals surface area contributed by atoms with E-state index in [4.69, 9.17) is 20.1 Å². The van der Waals surface area contributed by atoms with E-state index in [1.165, 1.54) is 61.7 Å². The lowest BCUT2D eigenvalue weighted by Gasteiger charge is -2.10. The molecule has 0 aliphatic rings. The molecule has 0 fully saturated rings. The molecule has 0 amide bonds. The molecule has 0 unspecified atom stereocenters. The Morgan fingerprint density at radius 2 is 0.651 bits per heavy atom. The first kappa shape index (κ1) is 63.8. The standard InChI is InChI=1S/C22H21NO5S.C21H17F2NO4S.C21H18FNO4S/c1-28-20-3-2-4-21(15-20)29(26,27)23-19-13-9-17(10-14-19)6-5-16-7-11-18(12-8-16)22(24)25;22-18-2-1-3-19(23)20(18)29(27,28)24-17-12-8-15(9-13-17)5-4-14-6-10-16(11-7-14)21(25)26;22-18-2-1-3-20(14-18)28(26,27)23-19-12-8-16(9-13-19)5-4-15-6-10-17(11-7-15)21(24)25/h2-4,7-15,23H,5-6H2,1H3,(H,24,25);1-3,6-13,24H,4-5H2,(H,25,26);1-3,6-14,23H,4-5H2,(H,24,25). The zero-order valence-electron chi connectivity index (χ0n) is 45.7. The lowest BCUT2D eigenvalue weighted by Crippen LogP contribution is -2.16. The van der Waals surface area contributed by atoms with Crippen LogP contribution in [0.3, 0.4) is 0 Å². The topological polar surface area (TPSA) is 260 Å². The molecular weight excluding hydrogens is 1170 g/mol. The Morgan fingerprint density at radius 3 is 0.953 bits per heavy atom. The highest BCUT2D eigenvalue weighted by Crippen LogP contribution is 2.25. The van der Waals surface area contributed by atoms with E-state index < -0.39 is 70.3 Å². The van der Waals surface area contributed by atoms with Crippen LogP contribution in [0.15, 0.2) is 227 Å².